The van der Waals surface area contributed by atoms with Crippen LogP contribution in [0.15, 0.2) is 24.3 Å². The van der Waals surface area contributed by atoms with E-state index in [1.54, 1.807) is 7.11 Å². The molecule has 0 saturated carbocycles. The van der Waals surface area contributed by atoms with Crippen molar-refractivity contribution in [1.82, 2.24) is 0 Å². The van der Waals surface area contributed by atoms with Crippen molar-refractivity contribution in [3.05, 3.63) is 35.4 Å². The summed E-state index contributed by atoms with van der Waals surface area (Å²) >= 11 is 0. The first-order valence-electron chi connectivity index (χ1n) is 6.14. The molecule has 2 nitrogen and oxygen atoms in total. The van der Waals surface area contributed by atoms with E-state index in [9.17, 15) is 0 Å². The molecule has 0 radical (unpaired) electrons. The van der Waals surface area contributed by atoms with Crippen molar-refractivity contribution < 1.29 is 9.84 Å². The Labute approximate surface area is 104 Å². The van der Waals surface area contributed by atoms with Gasteiger partial charge in [0.15, 0.2) is 0 Å². The van der Waals surface area contributed by atoms with E-state index in [4.69, 9.17) is 9.84 Å². The van der Waals surface area contributed by atoms with Gasteiger partial charge in [-0.15, -0.1) is 0 Å². The molecule has 0 unspecified atom stereocenters. The molecule has 0 bridgehead atoms. The standard InChI is InChI=1S/C15H22O2/c1-12(2)13-8-9-15(17-3)14(11-13)7-5-4-6-10-16/h5,7-9,11-12,16H,4,6,10H2,1-3H3. The van der Waals surface area contributed by atoms with Crippen molar-refractivity contribution in [2.45, 2.75) is 32.6 Å². The van der Waals surface area contributed by atoms with Crippen LogP contribution in [0.1, 0.15) is 43.7 Å². The summed E-state index contributed by atoms with van der Waals surface area (Å²) in [5.41, 5.74) is 2.42. The lowest BCUT2D eigenvalue weighted by molar-refractivity contribution is 0.290. The van der Waals surface area contributed by atoms with E-state index in [1.807, 2.05) is 6.07 Å². The summed E-state index contributed by atoms with van der Waals surface area (Å²) < 4.78 is 5.34. The van der Waals surface area contributed by atoms with Crippen molar-refractivity contribution in [2.75, 3.05) is 13.7 Å². The highest BCUT2D eigenvalue weighted by Gasteiger charge is 2.04. The van der Waals surface area contributed by atoms with Crippen LogP contribution in [0, 0.1) is 0 Å². The Balaban J connectivity index is 2.86. The van der Waals surface area contributed by atoms with Crippen molar-refractivity contribution >= 4 is 6.08 Å². The van der Waals surface area contributed by atoms with E-state index < -0.39 is 0 Å². The molecule has 0 saturated heterocycles. The molecule has 1 N–H and O–H groups in total. The number of hydrogen-bond donors (Lipinski definition) is 1. The number of rotatable bonds is 6. The van der Waals surface area contributed by atoms with Crippen LogP contribution in [0.4, 0.5) is 0 Å². The summed E-state index contributed by atoms with van der Waals surface area (Å²) in [4.78, 5) is 0. The second kappa shape index (κ2) is 7.13. The Hall–Kier alpha value is -1.28. The number of ether oxygens (including phenoxy) is 1. The summed E-state index contributed by atoms with van der Waals surface area (Å²) in [5.74, 6) is 1.42. The Morgan fingerprint density at radius 3 is 2.71 bits per heavy atom. The maximum absolute atomic E-state index is 8.72. The Morgan fingerprint density at radius 2 is 2.12 bits per heavy atom. The van der Waals surface area contributed by atoms with E-state index in [2.05, 4.69) is 38.1 Å². The zero-order valence-electron chi connectivity index (χ0n) is 10.9. The van der Waals surface area contributed by atoms with Gasteiger partial charge in [-0.25, -0.2) is 0 Å². The van der Waals surface area contributed by atoms with Crippen molar-refractivity contribution in [2.24, 2.45) is 0 Å². The molecule has 1 aromatic carbocycles. The molecule has 2 heteroatoms. The van der Waals surface area contributed by atoms with Gasteiger partial charge in [0, 0.05) is 12.2 Å². The number of hydrogen-bond acceptors (Lipinski definition) is 2. The fourth-order valence-electron chi connectivity index (χ4n) is 1.66. The third-order valence-corrected chi connectivity index (χ3v) is 2.75. The van der Waals surface area contributed by atoms with Crippen LogP contribution >= 0.6 is 0 Å². The van der Waals surface area contributed by atoms with Crippen molar-refractivity contribution in [3.63, 3.8) is 0 Å². The quantitative estimate of drug-likeness (QED) is 0.762. The van der Waals surface area contributed by atoms with Gasteiger partial charge >= 0.3 is 0 Å². The smallest absolute Gasteiger partial charge is 0.126 e. The second-order valence-corrected chi connectivity index (χ2v) is 4.42. The molecular formula is C15H22O2. The summed E-state index contributed by atoms with van der Waals surface area (Å²) in [6.07, 6.45) is 5.85. The first kappa shape index (κ1) is 13.8. The molecule has 0 aliphatic rings. The third kappa shape index (κ3) is 4.23. The first-order chi connectivity index (χ1) is 8.19. The molecule has 0 heterocycles. The molecule has 0 atom stereocenters. The van der Waals surface area contributed by atoms with Crippen LogP contribution < -0.4 is 4.74 Å². The summed E-state index contributed by atoms with van der Waals surface area (Å²) in [6, 6.07) is 6.29. The SMILES string of the molecule is COc1ccc(C(C)C)cc1C=CCCCO. The van der Waals surface area contributed by atoms with Crippen molar-refractivity contribution in [1.29, 1.82) is 0 Å². The number of methoxy groups -OCH3 is 1. The zero-order chi connectivity index (χ0) is 12.7. The van der Waals surface area contributed by atoms with Crippen LogP contribution in [0.2, 0.25) is 0 Å². The van der Waals surface area contributed by atoms with Gasteiger partial charge in [-0.1, -0.05) is 32.1 Å². The van der Waals surface area contributed by atoms with Gasteiger partial charge in [0.2, 0.25) is 0 Å². The van der Waals surface area contributed by atoms with Crippen LogP contribution in [-0.4, -0.2) is 18.8 Å². The topological polar surface area (TPSA) is 29.5 Å². The van der Waals surface area contributed by atoms with E-state index >= 15 is 0 Å². The molecule has 0 spiro atoms. The molecule has 0 aliphatic heterocycles. The molecule has 0 amide bonds. The number of benzene rings is 1. The molecular weight excluding hydrogens is 212 g/mol. The number of aliphatic hydroxyl groups excluding tert-OH is 1. The zero-order valence-corrected chi connectivity index (χ0v) is 10.9. The largest absolute Gasteiger partial charge is 0.496 e. The highest BCUT2D eigenvalue weighted by Crippen LogP contribution is 2.25. The average Bonchev–Trinajstić information content (AvgIpc) is 2.34. The van der Waals surface area contributed by atoms with Gasteiger partial charge in [0.1, 0.15) is 5.75 Å². The second-order valence-electron chi connectivity index (χ2n) is 4.42. The van der Waals surface area contributed by atoms with Crippen molar-refractivity contribution in [3.8, 4) is 5.75 Å². The monoisotopic (exact) mass is 234 g/mol. The number of aliphatic hydroxyl groups is 1. The molecule has 1 aromatic rings. The predicted molar refractivity (Wildman–Crippen MR) is 72.4 cm³/mol. The maximum Gasteiger partial charge on any atom is 0.126 e. The normalized spacial score (nSPS) is 11.4. The fourth-order valence-corrected chi connectivity index (χ4v) is 1.66. The third-order valence-electron chi connectivity index (χ3n) is 2.75. The lowest BCUT2D eigenvalue weighted by Gasteiger charge is -2.10. The molecule has 94 valence electrons. The lowest BCUT2D eigenvalue weighted by atomic mass is 10.00. The van der Waals surface area contributed by atoms with Crippen LogP contribution in [-0.2, 0) is 0 Å². The molecule has 0 fully saturated rings. The number of allylic oxidation sites excluding steroid dienone is 1. The number of unbranched alkanes of at least 4 members (excludes halogenated alkanes) is 1. The van der Waals surface area contributed by atoms with Crippen LogP contribution in [0.25, 0.3) is 6.08 Å². The Morgan fingerprint density at radius 1 is 1.35 bits per heavy atom. The minimum absolute atomic E-state index is 0.244. The highest BCUT2D eigenvalue weighted by molar-refractivity contribution is 5.58. The minimum Gasteiger partial charge on any atom is -0.496 e. The Bertz CT molecular complexity index is 367. The van der Waals surface area contributed by atoms with Gasteiger partial charge in [0.25, 0.3) is 0 Å². The molecule has 1 rings (SSSR count). The Kier molecular flexibility index (Phi) is 5.78. The van der Waals surface area contributed by atoms with Gasteiger partial charge in [-0.05, 0) is 36.5 Å². The molecule has 0 aromatic heterocycles. The minimum atomic E-state index is 0.244. The van der Waals surface area contributed by atoms with E-state index in [0.717, 1.165) is 24.2 Å². The summed E-state index contributed by atoms with van der Waals surface area (Å²) in [7, 11) is 1.69. The van der Waals surface area contributed by atoms with Gasteiger partial charge in [-0.2, -0.15) is 0 Å². The van der Waals surface area contributed by atoms with Gasteiger partial charge < -0.3 is 9.84 Å². The van der Waals surface area contributed by atoms with Crippen LogP contribution in [0.3, 0.4) is 0 Å². The van der Waals surface area contributed by atoms with Crippen LogP contribution in [0.5, 0.6) is 5.75 Å². The maximum atomic E-state index is 8.72. The molecule has 17 heavy (non-hydrogen) atoms. The van der Waals surface area contributed by atoms with E-state index in [0.29, 0.717) is 5.92 Å². The summed E-state index contributed by atoms with van der Waals surface area (Å²) in [6.45, 7) is 4.61. The average molecular weight is 234 g/mol. The molecule has 0 aliphatic carbocycles. The van der Waals surface area contributed by atoms with Gasteiger partial charge in [0.05, 0.1) is 7.11 Å². The van der Waals surface area contributed by atoms with E-state index in [1.165, 1.54) is 5.56 Å². The highest BCUT2D eigenvalue weighted by atomic mass is 16.5. The fraction of sp³-hybridized carbons (Fsp3) is 0.467. The summed E-state index contributed by atoms with van der Waals surface area (Å²) in [5, 5.41) is 8.72. The predicted octanol–water partition coefficient (Wildman–Crippen LogP) is 3.60. The van der Waals surface area contributed by atoms with E-state index in [-0.39, 0.29) is 6.61 Å². The first-order valence-corrected chi connectivity index (χ1v) is 6.14. The lowest BCUT2D eigenvalue weighted by Crippen LogP contribution is -1.92. The van der Waals surface area contributed by atoms with Gasteiger partial charge in [-0.3, -0.25) is 0 Å².